The Bertz CT molecular complexity index is 497. The van der Waals surface area contributed by atoms with Crippen molar-refractivity contribution >= 4 is 10.0 Å². The van der Waals surface area contributed by atoms with Gasteiger partial charge in [-0.2, -0.15) is 0 Å². The fourth-order valence-corrected chi connectivity index (χ4v) is 2.60. The highest BCUT2D eigenvalue weighted by Gasteiger charge is 2.20. The van der Waals surface area contributed by atoms with Crippen molar-refractivity contribution in [2.24, 2.45) is 5.73 Å². The minimum absolute atomic E-state index is 0.0441. The summed E-state index contributed by atoms with van der Waals surface area (Å²) in [7, 11) is -3.91. The van der Waals surface area contributed by atoms with Gasteiger partial charge in [0.2, 0.25) is 10.0 Å². The van der Waals surface area contributed by atoms with E-state index in [2.05, 4.69) is 0 Å². The molecule has 0 bridgehead atoms. The van der Waals surface area contributed by atoms with Crippen LogP contribution in [0.4, 0.5) is 8.78 Å². The standard InChI is InChI=1S/C10H17F2N3O2S/c1-7(2)15-6-9(3-8(15)4-13)18(16,17)14-5-10(11)12/h3,6-7,10,14H,4-5,13H2,1-2H3. The van der Waals surface area contributed by atoms with E-state index in [1.54, 1.807) is 4.57 Å². The molecule has 1 rings (SSSR count). The summed E-state index contributed by atoms with van der Waals surface area (Å²) < 4.78 is 51.1. The maximum absolute atomic E-state index is 12.0. The summed E-state index contributed by atoms with van der Waals surface area (Å²) in [5.74, 6) is 0. The molecule has 1 aromatic rings. The number of hydrogen-bond acceptors (Lipinski definition) is 3. The zero-order valence-electron chi connectivity index (χ0n) is 10.2. The van der Waals surface area contributed by atoms with E-state index in [0.717, 1.165) is 0 Å². The topological polar surface area (TPSA) is 77.1 Å². The zero-order valence-corrected chi connectivity index (χ0v) is 11.0. The van der Waals surface area contributed by atoms with Gasteiger partial charge in [-0.3, -0.25) is 0 Å². The molecule has 0 fully saturated rings. The van der Waals surface area contributed by atoms with E-state index in [4.69, 9.17) is 5.73 Å². The number of rotatable bonds is 6. The molecule has 0 amide bonds. The van der Waals surface area contributed by atoms with Gasteiger partial charge in [-0.1, -0.05) is 0 Å². The number of alkyl halides is 2. The molecule has 8 heteroatoms. The fourth-order valence-electron chi connectivity index (χ4n) is 1.54. The molecule has 0 aliphatic carbocycles. The monoisotopic (exact) mass is 281 g/mol. The normalized spacial score (nSPS) is 12.6. The predicted molar refractivity (Wildman–Crippen MR) is 63.9 cm³/mol. The Morgan fingerprint density at radius 3 is 2.44 bits per heavy atom. The van der Waals surface area contributed by atoms with Crippen LogP contribution in [0.25, 0.3) is 0 Å². The zero-order chi connectivity index (χ0) is 13.9. The van der Waals surface area contributed by atoms with Gasteiger partial charge in [0.15, 0.2) is 0 Å². The van der Waals surface area contributed by atoms with Crippen LogP contribution in [0.1, 0.15) is 25.6 Å². The van der Waals surface area contributed by atoms with E-state index >= 15 is 0 Å². The minimum atomic E-state index is -3.91. The van der Waals surface area contributed by atoms with Gasteiger partial charge in [0.1, 0.15) is 0 Å². The predicted octanol–water partition coefficient (Wildman–Crippen LogP) is 1.07. The maximum atomic E-state index is 12.0. The average Bonchev–Trinajstić information content (AvgIpc) is 2.71. The van der Waals surface area contributed by atoms with Crippen LogP contribution < -0.4 is 10.5 Å². The summed E-state index contributed by atoms with van der Waals surface area (Å²) in [6.45, 7) is 3.04. The summed E-state index contributed by atoms with van der Waals surface area (Å²) >= 11 is 0. The molecule has 104 valence electrons. The van der Waals surface area contributed by atoms with Gasteiger partial charge < -0.3 is 10.3 Å². The fraction of sp³-hybridized carbons (Fsp3) is 0.600. The van der Waals surface area contributed by atoms with Crippen LogP contribution >= 0.6 is 0 Å². The lowest BCUT2D eigenvalue weighted by atomic mass is 10.3. The van der Waals surface area contributed by atoms with Gasteiger partial charge in [-0.15, -0.1) is 0 Å². The molecule has 0 radical (unpaired) electrons. The van der Waals surface area contributed by atoms with Gasteiger partial charge in [0, 0.05) is 24.5 Å². The third-order valence-electron chi connectivity index (χ3n) is 2.41. The van der Waals surface area contributed by atoms with E-state index < -0.39 is 23.0 Å². The summed E-state index contributed by atoms with van der Waals surface area (Å²) in [4.78, 5) is -0.0442. The van der Waals surface area contributed by atoms with Crippen molar-refractivity contribution in [3.63, 3.8) is 0 Å². The highest BCUT2D eigenvalue weighted by atomic mass is 32.2. The number of sulfonamides is 1. The van der Waals surface area contributed by atoms with Crippen molar-refractivity contribution in [3.05, 3.63) is 18.0 Å². The van der Waals surface area contributed by atoms with Crippen LogP contribution in [0, 0.1) is 0 Å². The van der Waals surface area contributed by atoms with Crippen molar-refractivity contribution in [2.75, 3.05) is 6.54 Å². The molecule has 18 heavy (non-hydrogen) atoms. The van der Waals surface area contributed by atoms with Gasteiger partial charge in [0.05, 0.1) is 11.4 Å². The number of nitrogens with one attached hydrogen (secondary N) is 1. The number of hydrogen-bond donors (Lipinski definition) is 2. The van der Waals surface area contributed by atoms with Gasteiger partial charge >= 0.3 is 0 Å². The van der Waals surface area contributed by atoms with Crippen LogP contribution in [-0.4, -0.2) is 26.0 Å². The molecule has 0 aliphatic heterocycles. The smallest absolute Gasteiger partial charge is 0.251 e. The Labute approximate surface area is 105 Å². The Hall–Kier alpha value is -0.990. The molecule has 0 aromatic carbocycles. The number of aromatic nitrogens is 1. The van der Waals surface area contributed by atoms with E-state index in [1.807, 2.05) is 18.6 Å². The van der Waals surface area contributed by atoms with Crippen LogP contribution in [0.2, 0.25) is 0 Å². The van der Waals surface area contributed by atoms with Crippen LogP contribution in [0.15, 0.2) is 17.2 Å². The second-order valence-electron chi connectivity index (χ2n) is 4.12. The summed E-state index contributed by atoms with van der Waals surface area (Å²) in [5.41, 5.74) is 6.15. The van der Waals surface area contributed by atoms with Crippen LogP contribution in [0.3, 0.4) is 0 Å². The number of halogens is 2. The second kappa shape index (κ2) is 5.77. The van der Waals surface area contributed by atoms with Gasteiger partial charge in [-0.25, -0.2) is 21.9 Å². The summed E-state index contributed by atoms with van der Waals surface area (Å²) in [6, 6.07) is 1.44. The van der Waals surface area contributed by atoms with E-state index in [9.17, 15) is 17.2 Å². The quantitative estimate of drug-likeness (QED) is 0.819. The molecule has 1 aromatic heterocycles. The van der Waals surface area contributed by atoms with Crippen molar-refractivity contribution in [1.82, 2.24) is 9.29 Å². The third kappa shape index (κ3) is 3.50. The second-order valence-corrected chi connectivity index (χ2v) is 5.88. The molecule has 0 saturated heterocycles. The lowest BCUT2D eigenvalue weighted by Crippen LogP contribution is -2.28. The van der Waals surface area contributed by atoms with Crippen molar-refractivity contribution in [3.8, 4) is 0 Å². The van der Waals surface area contributed by atoms with E-state index in [-0.39, 0.29) is 17.5 Å². The molecule has 0 aliphatic rings. The minimum Gasteiger partial charge on any atom is -0.346 e. The van der Waals surface area contributed by atoms with E-state index in [1.165, 1.54) is 12.3 Å². The molecule has 0 atom stereocenters. The van der Waals surface area contributed by atoms with Crippen molar-refractivity contribution in [1.29, 1.82) is 0 Å². The Morgan fingerprint density at radius 2 is 2.06 bits per heavy atom. The first-order valence-corrected chi connectivity index (χ1v) is 6.95. The largest absolute Gasteiger partial charge is 0.346 e. The molecule has 0 unspecified atom stereocenters. The highest BCUT2D eigenvalue weighted by Crippen LogP contribution is 2.18. The first kappa shape index (κ1) is 15.1. The molecular formula is C10H17F2N3O2S. The third-order valence-corrected chi connectivity index (χ3v) is 3.80. The van der Waals surface area contributed by atoms with Crippen molar-refractivity contribution < 1.29 is 17.2 Å². The molecule has 5 nitrogen and oxygen atoms in total. The lowest BCUT2D eigenvalue weighted by Gasteiger charge is -2.10. The van der Waals surface area contributed by atoms with E-state index in [0.29, 0.717) is 5.69 Å². The first-order valence-electron chi connectivity index (χ1n) is 5.46. The number of nitrogens with zero attached hydrogens (tertiary/aromatic N) is 1. The van der Waals surface area contributed by atoms with Crippen LogP contribution in [0.5, 0.6) is 0 Å². The summed E-state index contributed by atoms with van der Waals surface area (Å²) in [5, 5.41) is 0. The molecule has 0 saturated carbocycles. The first-order chi connectivity index (χ1) is 8.27. The molecule has 1 heterocycles. The highest BCUT2D eigenvalue weighted by molar-refractivity contribution is 7.89. The maximum Gasteiger partial charge on any atom is 0.251 e. The summed E-state index contributed by atoms with van der Waals surface area (Å²) in [6.07, 6.45) is -1.32. The number of nitrogens with two attached hydrogens (primary N) is 1. The average molecular weight is 281 g/mol. The lowest BCUT2D eigenvalue weighted by molar-refractivity contribution is 0.153. The Morgan fingerprint density at radius 1 is 1.44 bits per heavy atom. The molecule has 3 N–H and O–H groups in total. The SMILES string of the molecule is CC(C)n1cc(S(=O)(=O)NCC(F)F)cc1CN. The van der Waals surface area contributed by atoms with Gasteiger partial charge in [0.25, 0.3) is 6.43 Å². The Balaban J connectivity index is 3.02. The van der Waals surface area contributed by atoms with Crippen molar-refractivity contribution in [2.45, 2.75) is 37.8 Å². The Kier molecular flexibility index (Phi) is 4.83. The van der Waals surface area contributed by atoms with Crippen LogP contribution in [-0.2, 0) is 16.6 Å². The molecule has 0 spiro atoms. The molecular weight excluding hydrogens is 264 g/mol. The van der Waals surface area contributed by atoms with Gasteiger partial charge in [-0.05, 0) is 19.9 Å².